The van der Waals surface area contributed by atoms with Crippen LogP contribution in [0.2, 0.25) is 0 Å². The summed E-state index contributed by atoms with van der Waals surface area (Å²) in [4.78, 5) is 20.6. The van der Waals surface area contributed by atoms with Gasteiger partial charge in [-0.15, -0.1) is 0 Å². The first-order chi connectivity index (χ1) is 14.8. The average Bonchev–Trinajstić information content (AvgIpc) is 2.75. The molecular weight excluding hydrogens is 416 g/mol. The summed E-state index contributed by atoms with van der Waals surface area (Å²) in [5, 5.41) is 2.78. The molecule has 31 heavy (non-hydrogen) atoms. The van der Waals surface area contributed by atoms with Crippen molar-refractivity contribution in [2.75, 3.05) is 38.1 Å². The Morgan fingerprint density at radius 1 is 1.13 bits per heavy atom. The fourth-order valence-electron chi connectivity index (χ4n) is 3.17. The van der Waals surface area contributed by atoms with Crippen molar-refractivity contribution in [3.8, 4) is 0 Å². The number of alkyl halides is 4. The Morgan fingerprint density at radius 2 is 1.87 bits per heavy atom. The molecule has 0 saturated carbocycles. The van der Waals surface area contributed by atoms with Crippen molar-refractivity contribution in [1.29, 1.82) is 0 Å². The van der Waals surface area contributed by atoms with E-state index < -0.39 is 19.0 Å². The topological polar surface area (TPSA) is 57.7 Å². The number of amides is 2. The van der Waals surface area contributed by atoms with Gasteiger partial charge in [0.1, 0.15) is 6.61 Å². The SMILES string of the molecule is O=C(Nc1cccc(COCC(F)(F)C(F)F)c1)N1CCN(Cc2cccnc2)CC1. The Bertz CT molecular complexity index is 846. The van der Waals surface area contributed by atoms with E-state index in [4.69, 9.17) is 4.74 Å². The Labute approximate surface area is 177 Å². The number of anilines is 1. The van der Waals surface area contributed by atoms with Crippen molar-refractivity contribution in [2.24, 2.45) is 0 Å². The first kappa shape index (κ1) is 23.0. The van der Waals surface area contributed by atoms with E-state index >= 15 is 0 Å². The summed E-state index contributed by atoms with van der Waals surface area (Å²) in [7, 11) is 0. The molecule has 0 radical (unpaired) electrons. The molecule has 2 aromatic rings. The van der Waals surface area contributed by atoms with Gasteiger partial charge in [0.15, 0.2) is 0 Å². The number of hydrogen-bond acceptors (Lipinski definition) is 4. The smallest absolute Gasteiger partial charge is 0.330 e. The van der Waals surface area contributed by atoms with Gasteiger partial charge >= 0.3 is 18.4 Å². The van der Waals surface area contributed by atoms with E-state index in [-0.39, 0.29) is 12.6 Å². The highest BCUT2D eigenvalue weighted by atomic mass is 19.3. The zero-order valence-electron chi connectivity index (χ0n) is 16.8. The molecule has 0 spiro atoms. The van der Waals surface area contributed by atoms with Crippen LogP contribution in [0.3, 0.4) is 0 Å². The zero-order valence-corrected chi connectivity index (χ0v) is 16.8. The van der Waals surface area contributed by atoms with Crippen LogP contribution in [0.4, 0.5) is 28.0 Å². The van der Waals surface area contributed by atoms with Crippen molar-refractivity contribution in [3.63, 3.8) is 0 Å². The van der Waals surface area contributed by atoms with Crippen molar-refractivity contribution < 1.29 is 27.1 Å². The lowest BCUT2D eigenvalue weighted by molar-refractivity contribution is -0.168. The lowest BCUT2D eigenvalue weighted by Crippen LogP contribution is -2.49. The number of nitrogens with zero attached hydrogens (tertiary/aromatic N) is 3. The molecule has 0 unspecified atom stereocenters. The number of rotatable bonds is 8. The molecule has 2 amide bonds. The third-order valence-corrected chi connectivity index (χ3v) is 4.85. The van der Waals surface area contributed by atoms with Crippen LogP contribution in [-0.4, -0.2) is 65.9 Å². The molecule has 0 aliphatic carbocycles. The normalized spacial score (nSPS) is 15.3. The van der Waals surface area contributed by atoms with Crippen molar-refractivity contribution in [3.05, 3.63) is 59.9 Å². The zero-order chi connectivity index (χ0) is 22.3. The molecule has 1 aliphatic heterocycles. The number of benzene rings is 1. The second-order valence-corrected chi connectivity index (χ2v) is 7.31. The monoisotopic (exact) mass is 440 g/mol. The fourth-order valence-corrected chi connectivity index (χ4v) is 3.17. The van der Waals surface area contributed by atoms with E-state index in [2.05, 4.69) is 15.2 Å². The lowest BCUT2D eigenvalue weighted by Gasteiger charge is -2.34. The van der Waals surface area contributed by atoms with Gasteiger partial charge in [-0.2, -0.15) is 8.78 Å². The van der Waals surface area contributed by atoms with Gasteiger partial charge in [-0.25, -0.2) is 13.6 Å². The fraction of sp³-hybridized carbons (Fsp3) is 0.429. The number of carbonyl (C=O) groups excluding carboxylic acids is 1. The minimum absolute atomic E-state index is 0.261. The van der Waals surface area contributed by atoms with Gasteiger partial charge < -0.3 is 15.0 Å². The second kappa shape index (κ2) is 10.5. The highest BCUT2D eigenvalue weighted by Crippen LogP contribution is 2.23. The van der Waals surface area contributed by atoms with Crippen LogP contribution in [0.25, 0.3) is 0 Å². The summed E-state index contributed by atoms with van der Waals surface area (Å²) < 4.78 is 54.9. The predicted molar refractivity (Wildman–Crippen MR) is 107 cm³/mol. The number of hydrogen-bond donors (Lipinski definition) is 1. The van der Waals surface area contributed by atoms with Gasteiger partial charge in [-0.1, -0.05) is 18.2 Å². The molecule has 0 atom stereocenters. The summed E-state index contributed by atoms with van der Waals surface area (Å²) >= 11 is 0. The van der Waals surface area contributed by atoms with Gasteiger partial charge in [0.25, 0.3) is 0 Å². The number of aromatic nitrogens is 1. The number of ether oxygens (including phenoxy) is 1. The molecule has 0 bridgehead atoms. The Morgan fingerprint density at radius 3 is 2.55 bits per heavy atom. The molecule has 168 valence electrons. The maximum Gasteiger partial charge on any atom is 0.330 e. The molecule has 1 saturated heterocycles. The van der Waals surface area contributed by atoms with E-state index in [0.29, 0.717) is 24.3 Å². The number of nitrogens with one attached hydrogen (secondary N) is 1. The van der Waals surface area contributed by atoms with Crippen molar-refractivity contribution in [1.82, 2.24) is 14.8 Å². The molecule has 1 aromatic heterocycles. The largest absolute Gasteiger partial charge is 0.370 e. The van der Waals surface area contributed by atoms with Crippen LogP contribution in [0.15, 0.2) is 48.8 Å². The highest BCUT2D eigenvalue weighted by Gasteiger charge is 2.40. The van der Waals surface area contributed by atoms with Crippen molar-refractivity contribution in [2.45, 2.75) is 25.5 Å². The standard InChI is InChI=1S/C21H24F4N4O2/c22-19(23)21(24,25)15-31-14-16-3-1-5-18(11-16)27-20(30)29-9-7-28(8-10-29)13-17-4-2-6-26-12-17/h1-6,11-12,19H,7-10,13-15H2,(H,27,30). The Kier molecular flexibility index (Phi) is 7.80. The Hall–Kier alpha value is -2.72. The van der Waals surface area contributed by atoms with Crippen LogP contribution in [0.5, 0.6) is 0 Å². The van der Waals surface area contributed by atoms with E-state index in [9.17, 15) is 22.4 Å². The van der Waals surface area contributed by atoms with Crippen LogP contribution in [0.1, 0.15) is 11.1 Å². The molecule has 10 heteroatoms. The van der Waals surface area contributed by atoms with Gasteiger partial charge in [0.2, 0.25) is 0 Å². The number of carbonyl (C=O) groups is 1. The van der Waals surface area contributed by atoms with E-state index in [0.717, 1.165) is 25.2 Å². The first-order valence-corrected chi connectivity index (χ1v) is 9.83. The summed E-state index contributed by atoms with van der Waals surface area (Å²) in [5.41, 5.74) is 2.08. The average molecular weight is 440 g/mol. The summed E-state index contributed by atoms with van der Waals surface area (Å²) in [6.07, 6.45) is -0.223. The van der Waals surface area contributed by atoms with Crippen LogP contribution in [-0.2, 0) is 17.9 Å². The van der Waals surface area contributed by atoms with E-state index in [1.807, 2.05) is 18.3 Å². The molecule has 1 N–H and O–H groups in total. The van der Waals surface area contributed by atoms with Crippen molar-refractivity contribution >= 4 is 11.7 Å². The highest BCUT2D eigenvalue weighted by molar-refractivity contribution is 5.89. The Balaban J connectivity index is 1.45. The van der Waals surface area contributed by atoms with Gasteiger partial charge in [0, 0.05) is 50.8 Å². The van der Waals surface area contributed by atoms with Gasteiger partial charge in [-0.05, 0) is 29.3 Å². The molecular formula is C21H24F4N4O2. The second-order valence-electron chi connectivity index (χ2n) is 7.31. The number of piperazine rings is 1. The summed E-state index contributed by atoms with van der Waals surface area (Å²) in [5.74, 6) is -4.19. The number of pyridine rings is 1. The number of urea groups is 1. The van der Waals surface area contributed by atoms with Gasteiger partial charge in [0.05, 0.1) is 6.61 Å². The lowest BCUT2D eigenvalue weighted by atomic mass is 10.2. The molecule has 6 nitrogen and oxygen atoms in total. The molecule has 1 fully saturated rings. The molecule has 1 aromatic carbocycles. The quantitative estimate of drug-likeness (QED) is 0.634. The van der Waals surface area contributed by atoms with Crippen LogP contribution >= 0.6 is 0 Å². The first-order valence-electron chi connectivity index (χ1n) is 9.83. The molecule has 1 aliphatic rings. The maximum atomic E-state index is 12.9. The van der Waals surface area contributed by atoms with Crippen LogP contribution in [0, 0.1) is 0 Å². The molecule has 3 rings (SSSR count). The summed E-state index contributed by atoms with van der Waals surface area (Å²) in [6.45, 7) is 1.73. The van der Waals surface area contributed by atoms with Gasteiger partial charge in [-0.3, -0.25) is 9.88 Å². The van der Waals surface area contributed by atoms with E-state index in [1.54, 1.807) is 35.4 Å². The minimum Gasteiger partial charge on any atom is -0.370 e. The third-order valence-electron chi connectivity index (χ3n) is 4.85. The maximum absolute atomic E-state index is 12.9. The third kappa shape index (κ3) is 6.90. The minimum atomic E-state index is -4.19. The predicted octanol–water partition coefficient (Wildman–Crippen LogP) is 3.85. The summed E-state index contributed by atoms with van der Waals surface area (Å²) in [6, 6.07) is 10.1. The van der Waals surface area contributed by atoms with E-state index in [1.165, 1.54) is 0 Å². The molecule has 2 heterocycles. The van der Waals surface area contributed by atoms with Crippen LogP contribution < -0.4 is 5.32 Å². The number of halogens is 4.